The third-order valence-corrected chi connectivity index (χ3v) is 3.45. The SMILES string of the molecule is Cc1cccc(N2CCCCC2)c1C(C)N. The van der Waals surface area contributed by atoms with E-state index in [9.17, 15) is 0 Å². The summed E-state index contributed by atoms with van der Waals surface area (Å²) in [5, 5.41) is 0. The molecule has 1 saturated heterocycles. The number of benzene rings is 1. The summed E-state index contributed by atoms with van der Waals surface area (Å²) in [6, 6.07) is 6.65. The van der Waals surface area contributed by atoms with Gasteiger partial charge in [0.05, 0.1) is 0 Å². The fourth-order valence-corrected chi connectivity index (χ4v) is 2.67. The van der Waals surface area contributed by atoms with Crippen molar-refractivity contribution >= 4 is 5.69 Å². The van der Waals surface area contributed by atoms with Crippen molar-refractivity contribution in [2.24, 2.45) is 5.73 Å². The van der Waals surface area contributed by atoms with Crippen LogP contribution in [0, 0.1) is 6.92 Å². The molecule has 1 unspecified atom stereocenters. The summed E-state index contributed by atoms with van der Waals surface area (Å²) in [7, 11) is 0. The van der Waals surface area contributed by atoms with Crippen molar-refractivity contribution < 1.29 is 0 Å². The molecule has 1 aliphatic heterocycles. The van der Waals surface area contributed by atoms with Crippen molar-refractivity contribution in [1.82, 2.24) is 0 Å². The van der Waals surface area contributed by atoms with Crippen molar-refractivity contribution in [3.05, 3.63) is 29.3 Å². The van der Waals surface area contributed by atoms with Gasteiger partial charge in [-0.3, -0.25) is 0 Å². The standard InChI is InChI=1S/C14H22N2/c1-11-7-6-8-13(14(11)12(2)15)16-9-4-3-5-10-16/h6-8,12H,3-5,9-10,15H2,1-2H3. The Balaban J connectivity index is 2.34. The molecule has 1 atom stereocenters. The molecule has 2 nitrogen and oxygen atoms in total. The van der Waals surface area contributed by atoms with Gasteiger partial charge in [0.1, 0.15) is 0 Å². The molecule has 1 aliphatic rings. The Labute approximate surface area is 98.4 Å². The molecular formula is C14H22N2. The molecule has 16 heavy (non-hydrogen) atoms. The van der Waals surface area contributed by atoms with Crippen molar-refractivity contribution in [1.29, 1.82) is 0 Å². The summed E-state index contributed by atoms with van der Waals surface area (Å²) >= 11 is 0. The fraction of sp³-hybridized carbons (Fsp3) is 0.571. The average Bonchev–Trinajstić information content (AvgIpc) is 2.29. The number of nitrogens with two attached hydrogens (primary N) is 1. The van der Waals surface area contributed by atoms with Gasteiger partial charge in [0.15, 0.2) is 0 Å². The van der Waals surface area contributed by atoms with Crippen LogP contribution in [0.25, 0.3) is 0 Å². The molecular weight excluding hydrogens is 196 g/mol. The Morgan fingerprint density at radius 3 is 2.50 bits per heavy atom. The average molecular weight is 218 g/mol. The number of rotatable bonds is 2. The molecule has 0 amide bonds. The van der Waals surface area contributed by atoms with E-state index in [1.807, 2.05) is 0 Å². The van der Waals surface area contributed by atoms with Crippen LogP contribution in [0.5, 0.6) is 0 Å². The van der Waals surface area contributed by atoms with E-state index in [2.05, 4.69) is 36.9 Å². The number of nitrogens with zero attached hydrogens (tertiary/aromatic N) is 1. The second-order valence-corrected chi connectivity index (χ2v) is 4.84. The highest BCUT2D eigenvalue weighted by Crippen LogP contribution is 2.30. The summed E-state index contributed by atoms with van der Waals surface area (Å²) in [5.41, 5.74) is 10.1. The number of piperidine rings is 1. The van der Waals surface area contributed by atoms with Gasteiger partial charge in [-0.2, -0.15) is 0 Å². The highest BCUT2D eigenvalue weighted by molar-refractivity contribution is 5.58. The van der Waals surface area contributed by atoms with Crippen LogP contribution in [0.4, 0.5) is 5.69 Å². The van der Waals surface area contributed by atoms with Gasteiger partial charge in [0.2, 0.25) is 0 Å². The van der Waals surface area contributed by atoms with Crippen molar-refractivity contribution in [2.45, 2.75) is 39.2 Å². The van der Waals surface area contributed by atoms with E-state index in [4.69, 9.17) is 5.73 Å². The summed E-state index contributed by atoms with van der Waals surface area (Å²) in [6.07, 6.45) is 3.99. The van der Waals surface area contributed by atoms with Crippen LogP contribution in [0.2, 0.25) is 0 Å². The third-order valence-electron chi connectivity index (χ3n) is 3.45. The summed E-state index contributed by atoms with van der Waals surface area (Å²) in [6.45, 7) is 6.61. The van der Waals surface area contributed by atoms with E-state index in [-0.39, 0.29) is 6.04 Å². The molecule has 0 bridgehead atoms. The van der Waals surface area contributed by atoms with E-state index in [0.717, 1.165) is 0 Å². The van der Waals surface area contributed by atoms with E-state index in [0.29, 0.717) is 0 Å². The zero-order valence-electron chi connectivity index (χ0n) is 10.4. The number of hydrogen-bond acceptors (Lipinski definition) is 2. The Hall–Kier alpha value is -1.02. The van der Waals surface area contributed by atoms with Gasteiger partial charge in [-0.25, -0.2) is 0 Å². The number of anilines is 1. The Bertz CT molecular complexity index is 352. The van der Waals surface area contributed by atoms with Crippen LogP contribution in [0.3, 0.4) is 0 Å². The molecule has 1 aromatic rings. The smallest absolute Gasteiger partial charge is 0.0417 e. The topological polar surface area (TPSA) is 29.3 Å². The van der Waals surface area contributed by atoms with E-state index >= 15 is 0 Å². The molecule has 0 aromatic heterocycles. The lowest BCUT2D eigenvalue weighted by Gasteiger charge is -2.32. The first-order chi connectivity index (χ1) is 7.70. The summed E-state index contributed by atoms with van der Waals surface area (Å²) < 4.78 is 0. The minimum atomic E-state index is 0.123. The maximum absolute atomic E-state index is 6.10. The predicted octanol–water partition coefficient (Wildman–Crippen LogP) is 3.01. The lowest BCUT2D eigenvalue weighted by molar-refractivity contribution is 0.574. The molecule has 1 heterocycles. The first kappa shape index (κ1) is 11.5. The van der Waals surface area contributed by atoms with Crippen molar-refractivity contribution in [3.63, 3.8) is 0 Å². The molecule has 2 N–H and O–H groups in total. The minimum Gasteiger partial charge on any atom is -0.371 e. The van der Waals surface area contributed by atoms with Gasteiger partial charge >= 0.3 is 0 Å². The molecule has 0 radical (unpaired) electrons. The first-order valence-corrected chi connectivity index (χ1v) is 6.30. The lowest BCUT2D eigenvalue weighted by Crippen LogP contribution is -2.31. The third kappa shape index (κ3) is 2.22. The predicted molar refractivity (Wildman–Crippen MR) is 69.8 cm³/mol. The quantitative estimate of drug-likeness (QED) is 0.827. The monoisotopic (exact) mass is 218 g/mol. The molecule has 2 rings (SSSR count). The van der Waals surface area contributed by atoms with Gasteiger partial charge < -0.3 is 10.6 Å². The van der Waals surface area contributed by atoms with Crippen LogP contribution < -0.4 is 10.6 Å². The maximum Gasteiger partial charge on any atom is 0.0417 e. The first-order valence-electron chi connectivity index (χ1n) is 6.30. The lowest BCUT2D eigenvalue weighted by atomic mass is 9.98. The van der Waals surface area contributed by atoms with Crippen LogP contribution >= 0.6 is 0 Å². The Morgan fingerprint density at radius 1 is 1.19 bits per heavy atom. The largest absolute Gasteiger partial charge is 0.371 e. The minimum absolute atomic E-state index is 0.123. The normalized spacial score (nSPS) is 18.6. The van der Waals surface area contributed by atoms with Gasteiger partial charge in [-0.05, 0) is 50.3 Å². The van der Waals surface area contributed by atoms with E-state index in [1.165, 1.54) is 49.2 Å². The molecule has 1 aromatic carbocycles. The van der Waals surface area contributed by atoms with Crippen LogP contribution in [0.15, 0.2) is 18.2 Å². The molecule has 88 valence electrons. The fourth-order valence-electron chi connectivity index (χ4n) is 2.67. The molecule has 0 spiro atoms. The van der Waals surface area contributed by atoms with Crippen LogP contribution in [0.1, 0.15) is 43.4 Å². The van der Waals surface area contributed by atoms with Gasteiger partial charge in [-0.15, -0.1) is 0 Å². The number of aryl methyl sites for hydroxylation is 1. The van der Waals surface area contributed by atoms with Crippen molar-refractivity contribution in [2.75, 3.05) is 18.0 Å². The van der Waals surface area contributed by atoms with Crippen LogP contribution in [-0.2, 0) is 0 Å². The molecule has 0 aliphatic carbocycles. The van der Waals surface area contributed by atoms with E-state index in [1.54, 1.807) is 0 Å². The molecule has 1 fully saturated rings. The molecule has 0 saturated carbocycles. The Morgan fingerprint density at radius 2 is 1.88 bits per heavy atom. The van der Waals surface area contributed by atoms with Gasteiger partial charge in [0.25, 0.3) is 0 Å². The summed E-state index contributed by atoms with van der Waals surface area (Å²) in [4.78, 5) is 2.50. The zero-order valence-corrected chi connectivity index (χ0v) is 10.4. The summed E-state index contributed by atoms with van der Waals surface area (Å²) in [5.74, 6) is 0. The Kier molecular flexibility index (Phi) is 3.49. The maximum atomic E-state index is 6.10. The number of hydrogen-bond donors (Lipinski definition) is 1. The highest BCUT2D eigenvalue weighted by atomic mass is 15.1. The zero-order chi connectivity index (χ0) is 11.5. The highest BCUT2D eigenvalue weighted by Gasteiger charge is 2.17. The van der Waals surface area contributed by atoms with E-state index < -0.39 is 0 Å². The van der Waals surface area contributed by atoms with Gasteiger partial charge in [0, 0.05) is 24.8 Å². The second-order valence-electron chi connectivity index (χ2n) is 4.84. The van der Waals surface area contributed by atoms with Gasteiger partial charge in [-0.1, -0.05) is 12.1 Å². The second kappa shape index (κ2) is 4.88. The molecule has 2 heteroatoms. The van der Waals surface area contributed by atoms with Crippen molar-refractivity contribution in [3.8, 4) is 0 Å². The van der Waals surface area contributed by atoms with Crippen LogP contribution in [-0.4, -0.2) is 13.1 Å².